The zero-order valence-corrected chi connectivity index (χ0v) is 11.9. The Morgan fingerprint density at radius 1 is 1.39 bits per heavy atom. The third-order valence-electron chi connectivity index (χ3n) is 3.49. The fourth-order valence-corrected chi connectivity index (χ4v) is 3.75. The number of halogens is 1. The molecular formula is C12H17ClN2O2S. The Morgan fingerprint density at radius 2 is 2.06 bits per heavy atom. The largest absolute Gasteiger partial charge is 0.244 e. The summed E-state index contributed by atoms with van der Waals surface area (Å²) in [5.74, 6) is 0.653. The maximum Gasteiger partial charge on any atom is 0.244 e. The van der Waals surface area contributed by atoms with Gasteiger partial charge in [0.2, 0.25) is 10.0 Å². The molecule has 0 amide bonds. The van der Waals surface area contributed by atoms with Crippen LogP contribution in [0.2, 0.25) is 5.15 Å². The molecule has 0 bridgehead atoms. The summed E-state index contributed by atoms with van der Waals surface area (Å²) in [6.45, 7) is 3.35. The van der Waals surface area contributed by atoms with Crippen molar-refractivity contribution in [3.63, 3.8) is 0 Å². The van der Waals surface area contributed by atoms with Gasteiger partial charge >= 0.3 is 0 Å². The summed E-state index contributed by atoms with van der Waals surface area (Å²) in [5.41, 5.74) is 0. The molecule has 0 aromatic carbocycles. The van der Waals surface area contributed by atoms with E-state index >= 15 is 0 Å². The summed E-state index contributed by atoms with van der Waals surface area (Å²) in [6.07, 6.45) is 4.33. The Morgan fingerprint density at radius 3 is 2.56 bits per heavy atom. The average molecular weight is 289 g/mol. The summed E-state index contributed by atoms with van der Waals surface area (Å²) < 4.78 is 26.2. The summed E-state index contributed by atoms with van der Waals surface area (Å²) in [5, 5.41) is 0.304. The summed E-state index contributed by atoms with van der Waals surface area (Å²) in [7, 11) is -3.40. The van der Waals surface area contributed by atoms with E-state index in [1.54, 1.807) is 4.31 Å². The van der Waals surface area contributed by atoms with Crippen LogP contribution in [0.25, 0.3) is 0 Å². The van der Waals surface area contributed by atoms with Crippen LogP contribution in [0.1, 0.15) is 26.2 Å². The van der Waals surface area contributed by atoms with Gasteiger partial charge in [-0.15, -0.1) is 0 Å². The fourth-order valence-electron chi connectivity index (χ4n) is 2.22. The molecule has 0 N–H and O–H groups in total. The van der Waals surface area contributed by atoms with Crippen LogP contribution in [0.3, 0.4) is 0 Å². The van der Waals surface area contributed by atoms with Crippen LogP contribution in [-0.2, 0) is 10.0 Å². The lowest BCUT2D eigenvalue weighted by Gasteiger charge is -2.30. The van der Waals surface area contributed by atoms with E-state index in [9.17, 15) is 8.42 Å². The van der Waals surface area contributed by atoms with Gasteiger partial charge in [0, 0.05) is 19.3 Å². The number of hydrogen-bond acceptors (Lipinski definition) is 3. The molecule has 0 spiro atoms. The van der Waals surface area contributed by atoms with Crippen molar-refractivity contribution < 1.29 is 8.42 Å². The number of aromatic nitrogens is 1. The van der Waals surface area contributed by atoms with E-state index in [-0.39, 0.29) is 4.90 Å². The van der Waals surface area contributed by atoms with Crippen LogP contribution in [0.5, 0.6) is 0 Å². The van der Waals surface area contributed by atoms with Crippen molar-refractivity contribution >= 4 is 21.6 Å². The van der Waals surface area contributed by atoms with Gasteiger partial charge in [-0.05, 0) is 30.9 Å². The minimum Gasteiger partial charge on any atom is -0.243 e. The molecule has 1 aromatic rings. The molecule has 100 valence electrons. The molecule has 4 nitrogen and oxygen atoms in total. The first-order valence-electron chi connectivity index (χ1n) is 6.15. The van der Waals surface area contributed by atoms with E-state index in [0.717, 1.165) is 19.3 Å². The number of sulfonamides is 1. The first-order valence-corrected chi connectivity index (χ1v) is 7.97. The van der Waals surface area contributed by atoms with Crippen LogP contribution in [0.15, 0.2) is 23.2 Å². The third kappa shape index (κ3) is 2.84. The highest BCUT2D eigenvalue weighted by Gasteiger charge is 2.28. The molecule has 0 saturated carbocycles. The summed E-state index contributed by atoms with van der Waals surface area (Å²) in [6, 6.07) is 3.02. The standard InChI is InChI=1S/C12H17ClN2O2S/c1-2-10-5-7-15(8-6-10)18(16,17)11-3-4-12(13)14-9-11/h3-4,9-10H,2,5-8H2,1H3. The van der Waals surface area contributed by atoms with Crippen LogP contribution in [-0.4, -0.2) is 30.8 Å². The van der Waals surface area contributed by atoms with E-state index in [1.165, 1.54) is 18.3 Å². The van der Waals surface area contributed by atoms with Crippen LogP contribution >= 0.6 is 11.6 Å². The third-order valence-corrected chi connectivity index (χ3v) is 5.59. The highest BCUT2D eigenvalue weighted by molar-refractivity contribution is 7.89. The number of nitrogens with zero attached hydrogens (tertiary/aromatic N) is 2. The lowest BCUT2D eigenvalue weighted by Crippen LogP contribution is -2.38. The van der Waals surface area contributed by atoms with Crippen molar-refractivity contribution in [2.75, 3.05) is 13.1 Å². The van der Waals surface area contributed by atoms with E-state index in [4.69, 9.17) is 11.6 Å². The average Bonchev–Trinajstić information content (AvgIpc) is 2.39. The Balaban J connectivity index is 2.15. The quantitative estimate of drug-likeness (QED) is 0.803. The van der Waals surface area contributed by atoms with Crippen LogP contribution in [0, 0.1) is 5.92 Å². The van der Waals surface area contributed by atoms with Crippen molar-refractivity contribution in [3.05, 3.63) is 23.5 Å². The molecule has 6 heteroatoms. The molecule has 1 aliphatic rings. The van der Waals surface area contributed by atoms with Gasteiger partial charge in [-0.25, -0.2) is 13.4 Å². The van der Waals surface area contributed by atoms with Gasteiger partial charge in [-0.2, -0.15) is 4.31 Å². The molecular weight excluding hydrogens is 272 g/mol. The molecule has 2 heterocycles. The molecule has 0 radical (unpaired) electrons. The minimum atomic E-state index is -3.40. The van der Waals surface area contributed by atoms with Gasteiger partial charge in [0.15, 0.2) is 0 Å². The van der Waals surface area contributed by atoms with Gasteiger partial charge in [0.25, 0.3) is 0 Å². The molecule has 1 aromatic heterocycles. The second-order valence-electron chi connectivity index (χ2n) is 4.57. The molecule has 0 atom stereocenters. The number of pyridine rings is 1. The Kier molecular flexibility index (Phi) is 4.25. The second-order valence-corrected chi connectivity index (χ2v) is 6.90. The van der Waals surface area contributed by atoms with E-state index in [2.05, 4.69) is 11.9 Å². The SMILES string of the molecule is CCC1CCN(S(=O)(=O)c2ccc(Cl)nc2)CC1. The first-order chi connectivity index (χ1) is 8.54. The summed E-state index contributed by atoms with van der Waals surface area (Å²) >= 11 is 5.67. The van der Waals surface area contributed by atoms with Crippen molar-refractivity contribution in [1.82, 2.24) is 9.29 Å². The lowest BCUT2D eigenvalue weighted by molar-refractivity contribution is 0.269. The zero-order valence-electron chi connectivity index (χ0n) is 10.3. The summed E-state index contributed by atoms with van der Waals surface area (Å²) in [4.78, 5) is 4.05. The van der Waals surface area contributed by atoms with Gasteiger partial charge in [0.1, 0.15) is 10.0 Å². The van der Waals surface area contributed by atoms with Crippen molar-refractivity contribution in [2.45, 2.75) is 31.1 Å². The molecule has 18 heavy (non-hydrogen) atoms. The molecule has 1 aliphatic heterocycles. The van der Waals surface area contributed by atoms with Crippen LogP contribution < -0.4 is 0 Å². The smallest absolute Gasteiger partial charge is 0.243 e. The maximum atomic E-state index is 12.3. The monoisotopic (exact) mass is 288 g/mol. The van der Waals surface area contributed by atoms with Gasteiger partial charge < -0.3 is 0 Å². The normalized spacial score (nSPS) is 19.0. The fraction of sp³-hybridized carbons (Fsp3) is 0.583. The Labute approximate surface area is 113 Å². The molecule has 1 fully saturated rings. The number of rotatable bonds is 3. The predicted molar refractivity (Wildman–Crippen MR) is 71.0 cm³/mol. The first kappa shape index (κ1) is 13.8. The van der Waals surface area contributed by atoms with E-state index in [0.29, 0.717) is 24.2 Å². The maximum absolute atomic E-state index is 12.3. The van der Waals surface area contributed by atoms with Crippen molar-refractivity contribution in [3.8, 4) is 0 Å². The topological polar surface area (TPSA) is 50.3 Å². The van der Waals surface area contributed by atoms with Gasteiger partial charge in [-0.3, -0.25) is 0 Å². The molecule has 2 rings (SSSR count). The predicted octanol–water partition coefficient (Wildman–Crippen LogP) is 2.55. The Hall–Kier alpha value is -0.650. The highest BCUT2D eigenvalue weighted by Crippen LogP contribution is 2.25. The lowest BCUT2D eigenvalue weighted by atomic mass is 9.96. The second kappa shape index (κ2) is 5.55. The van der Waals surface area contributed by atoms with E-state index < -0.39 is 10.0 Å². The number of hydrogen-bond donors (Lipinski definition) is 0. The zero-order chi connectivity index (χ0) is 13.2. The molecule has 0 aliphatic carbocycles. The van der Waals surface area contributed by atoms with Gasteiger partial charge in [-0.1, -0.05) is 24.9 Å². The van der Waals surface area contributed by atoms with Crippen molar-refractivity contribution in [2.24, 2.45) is 5.92 Å². The highest BCUT2D eigenvalue weighted by atomic mass is 35.5. The van der Waals surface area contributed by atoms with Crippen LogP contribution in [0.4, 0.5) is 0 Å². The van der Waals surface area contributed by atoms with Gasteiger partial charge in [0.05, 0.1) is 0 Å². The number of piperidine rings is 1. The molecule has 0 unspecified atom stereocenters. The Bertz CT molecular complexity index is 493. The molecule has 1 saturated heterocycles. The van der Waals surface area contributed by atoms with E-state index in [1.807, 2.05) is 0 Å². The van der Waals surface area contributed by atoms with Crippen molar-refractivity contribution in [1.29, 1.82) is 0 Å². The minimum absolute atomic E-state index is 0.224.